The van der Waals surface area contributed by atoms with Gasteiger partial charge in [0.25, 0.3) is 0 Å². The quantitative estimate of drug-likeness (QED) is 0.512. The molecule has 4 rings (SSSR count). The van der Waals surface area contributed by atoms with Gasteiger partial charge in [-0.3, -0.25) is 9.48 Å². The summed E-state index contributed by atoms with van der Waals surface area (Å²) in [5.74, 6) is -0.242. The topological polar surface area (TPSA) is 69.3 Å². The highest BCUT2D eigenvalue weighted by Gasteiger charge is 2.10. The Hall–Kier alpha value is -3.61. The van der Waals surface area contributed by atoms with Gasteiger partial charge in [0.2, 0.25) is 0 Å². The fourth-order valence-corrected chi connectivity index (χ4v) is 3.24. The summed E-state index contributed by atoms with van der Waals surface area (Å²) in [5.41, 5.74) is 4.04. The van der Waals surface area contributed by atoms with Crippen LogP contribution in [0.4, 0.5) is 4.39 Å². The number of aryl methyl sites for hydroxylation is 1. The van der Waals surface area contributed by atoms with E-state index in [4.69, 9.17) is 9.84 Å². The summed E-state index contributed by atoms with van der Waals surface area (Å²) in [6, 6.07) is 16.6. The molecule has 6 nitrogen and oxygen atoms in total. The zero-order valence-electron chi connectivity index (χ0n) is 15.9. The molecule has 0 aliphatic rings. The Morgan fingerprint density at radius 3 is 2.66 bits per heavy atom. The van der Waals surface area contributed by atoms with Gasteiger partial charge in [0, 0.05) is 24.9 Å². The van der Waals surface area contributed by atoms with E-state index in [-0.39, 0.29) is 6.54 Å². The molecule has 148 valence electrons. The van der Waals surface area contributed by atoms with Crippen LogP contribution in [-0.2, 0) is 31.7 Å². The number of carboxylic acids is 1. The van der Waals surface area contributed by atoms with Crippen LogP contribution in [0.15, 0.2) is 60.8 Å². The molecule has 0 amide bonds. The molecule has 1 N–H and O–H groups in total. The smallest absolute Gasteiger partial charge is 0.323 e. The molecule has 0 spiro atoms. The van der Waals surface area contributed by atoms with Crippen molar-refractivity contribution in [1.82, 2.24) is 14.3 Å². The second-order valence-electron chi connectivity index (χ2n) is 6.82. The number of fused-ring (bicyclic) bond motifs is 1. The Labute approximate surface area is 166 Å². The van der Waals surface area contributed by atoms with Crippen molar-refractivity contribution in [2.45, 2.75) is 19.8 Å². The van der Waals surface area contributed by atoms with E-state index in [0.717, 1.165) is 27.9 Å². The molecule has 0 aliphatic heterocycles. The summed E-state index contributed by atoms with van der Waals surface area (Å²) in [6.07, 6.45) is 1.75. The lowest BCUT2D eigenvalue weighted by atomic mass is 10.1. The fraction of sp³-hybridized carbons (Fsp3) is 0.182. The molecule has 2 aromatic carbocycles. The van der Waals surface area contributed by atoms with Gasteiger partial charge in [-0.15, -0.1) is 0 Å². The Bertz CT molecular complexity index is 1160. The highest BCUT2D eigenvalue weighted by molar-refractivity contribution is 5.83. The number of aliphatic carboxylic acids is 1. The van der Waals surface area contributed by atoms with Gasteiger partial charge in [-0.2, -0.15) is 5.10 Å². The van der Waals surface area contributed by atoms with Crippen LogP contribution in [0.25, 0.3) is 22.2 Å². The third-order valence-electron chi connectivity index (χ3n) is 4.82. The highest BCUT2D eigenvalue weighted by Crippen LogP contribution is 2.24. The number of carbonyl (C=O) groups is 1. The van der Waals surface area contributed by atoms with E-state index >= 15 is 0 Å². The lowest BCUT2D eigenvalue weighted by Gasteiger charge is -2.08. The molecule has 7 heteroatoms. The number of rotatable bonds is 7. The molecule has 2 heterocycles. The van der Waals surface area contributed by atoms with Gasteiger partial charge >= 0.3 is 5.97 Å². The van der Waals surface area contributed by atoms with Gasteiger partial charge < -0.3 is 14.4 Å². The minimum absolute atomic E-state index is 0.0980. The lowest BCUT2D eigenvalue weighted by molar-refractivity contribution is -0.137. The second-order valence-corrected chi connectivity index (χ2v) is 6.82. The van der Waals surface area contributed by atoms with Crippen LogP contribution in [0, 0.1) is 0 Å². The first-order valence-corrected chi connectivity index (χ1v) is 9.15. The van der Waals surface area contributed by atoms with E-state index in [0.29, 0.717) is 17.9 Å². The first kappa shape index (κ1) is 18.7. The van der Waals surface area contributed by atoms with Crippen LogP contribution in [0.5, 0.6) is 5.75 Å². The fourth-order valence-electron chi connectivity index (χ4n) is 3.24. The summed E-state index contributed by atoms with van der Waals surface area (Å²) in [5, 5.41) is 14.5. The summed E-state index contributed by atoms with van der Waals surface area (Å²) < 4.78 is 22.0. The van der Waals surface area contributed by atoms with Gasteiger partial charge in [0.05, 0.1) is 16.9 Å². The zero-order chi connectivity index (χ0) is 20.4. The van der Waals surface area contributed by atoms with Crippen LogP contribution in [0.1, 0.15) is 11.3 Å². The van der Waals surface area contributed by atoms with Crippen LogP contribution in [-0.4, -0.2) is 25.4 Å². The van der Waals surface area contributed by atoms with Crippen molar-refractivity contribution < 1.29 is 19.0 Å². The van der Waals surface area contributed by atoms with Gasteiger partial charge in [0.1, 0.15) is 25.6 Å². The number of benzene rings is 2. The molecular weight excluding hydrogens is 373 g/mol. The van der Waals surface area contributed by atoms with Gasteiger partial charge in [-0.25, -0.2) is 4.39 Å². The lowest BCUT2D eigenvalue weighted by Crippen LogP contribution is -2.07. The number of hydrogen-bond acceptors (Lipinski definition) is 3. The average molecular weight is 393 g/mol. The van der Waals surface area contributed by atoms with Gasteiger partial charge in [0.15, 0.2) is 0 Å². The number of halogens is 1. The van der Waals surface area contributed by atoms with Crippen LogP contribution >= 0.6 is 0 Å². The number of hydrogen-bond donors (Lipinski definition) is 1. The third kappa shape index (κ3) is 3.99. The van der Waals surface area contributed by atoms with Crippen LogP contribution in [0.2, 0.25) is 0 Å². The number of nitrogens with zero attached hydrogens (tertiary/aromatic N) is 3. The molecule has 0 fully saturated rings. The first-order chi connectivity index (χ1) is 14.0. The molecule has 0 saturated carbocycles. The molecule has 0 unspecified atom stereocenters. The first-order valence-electron chi connectivity index (χ1n) is 9.15. The molecule has 0 aliphatic carbocycles. The Balaban J connectivity index is 1.51. The Kier molecular flexibility index (Phi) is 5.03. The molecule has 0 atom stereocenters. The zero-order valence-corrected chi connectivity index (χ0v) is 15.9. The molecule has 0 saturated heterocycles. The summed E-state index contributed by atoms with van der Waals surface area (Å²) in [7, 11) is 1.85. The number of carboxylic acid groups (broad SMARTS) is 1. The van der Waals surface area contributed by atoms with E-state index in [2.05, 4.69) is 5.10 Å². The van der Waals surface area contributed by atoms with E-state index in [1.165, 1.54) is 0 Å². The van der Waals surface area contributed by atoms with Crippen LogP contribution < -0.4 is 4.74 Å². The number of aromatic nitrogens is 3. The minimum Gasteiger partial charge on any atom is -0.487 e. The summed E-state index contributed by atoms with van der Waals surface area (Å²) in [4.78, 5) is 11.0. The van der Waals surface area contributed by atoms with Crippen molar-refractivity contribution in [3.05, 3.63) is 72.1 Å². The standard InChI is InChI=1S/C22H20FN3O3/c1-25-18(10-20(24-25)16-4-2-15(12-23)3-5-16)14-29-19-7-6-17-8-9-26(13-22(27)28)21(17)11-19/h2-11H,12-14H2,1H3,(H,27,28). The van der Waals surface area contributed by atoms with Crippen molar-refractivity contribution in [2.75, 3.05) is 0 Å². The maximum Gasteiger partial charge on any atom is 0.323 e. The predicted molar refractivity (Wildman–Crippen MR) is 107 cm³/mol. The Morgan fingerprint density at radius 1 is 1.14 bits per heavy atom. The SMILES string of the molecule is Cn1nc(-c2ccc(CF)cc2)cc1COc1ccc2ccn(CC(=O)O)c2c1. The highest BCUT2D eigenvalue weighted by atomic mass is 19.1. The van der Waals surface area contributed by atoms with Gasteiger partial charge in [-0.05, 0) is 35.2 Å². The maximum absolute atomic E-state index is 12.7. The van der Waals surface area contributed by atoms with E-state index in [1.807, 2.05) is 49.5 Å². The molecule has 29 heavy (non-hydrogen) atoms. The van der Waals surface area contributed by atoms with Gasteiger partial charge in [-0.1, -0.05) is 24.3 Å². The monoisotopic (exact) mass is 393 g/mol. The maximum atomic E-state index is 12.7. The normalized spacial score (nSPS) is 11.1. The molecule has 4 aromatic rings. The average Bonchev–Trinajstić information content (AvgIpc) is 3.29. The second kappa shape index (κ2) is 7.79. The predicted octanol–water partition coefficient (Wildman–Crippen LogP) is 4.17. The molecule has 0 radical (unpaired) electrons. The number of ether oxygens (including phenoxy) is 1. The van der Waals surface area contributed by atoms with Crippen LogP contribution in [0.3, 0.4) is 0 Å². The van der Waals surface area contributed by atoms with Crippen molar-refractivity contribution in [1.29, 1.82) is 0 Å². The largest absolute Gasteiger partial charge is 0.487 e. The number of alkyl halides is 1. The van der Waals surface area contributed by atoms with Crippen molar-refractivity contribution in [3.8, 4) is 17.0 Å². The third-order valence-corrected chi connectivity index (χ3v) is 4.82. The van der Waals surface area contributed by atoms with E-state index in [1.54, 1.807) is 27.6 Å². The molecular formula is C22H20FN3O3. The Morgan fingerprint density at radius 2 is 1.93 bits per heavy atom. The van der Waals surface area contributed by atoms with Crippen molar-refractivity contribution >= 4 is 16.9 Å². The van der Waals surface area contributed by atoms with Crippen molar-refractivity contribution in [2.24, 2.45) is 7.05 Å². The summed E-state index contributed by atoms with van der Waals surface area (Å²) in [6.45, 7) is -0.266. The van der Waals surface area contributed by atoms with E-state index in [9.17, 15) is 9.18 Å². The minimum atomic E-state index is -0.893. The van der Waals surface area contributed by atoms with E-state index < -0.39 is 12.6 Å². The molecule has 0 bridgehead atoms. The van der Waals surface area contributed by atoms with Crippen molar-refractivity contribution in [3.63, 3.8) is 0 Å². The molecule has 2 aromatic heterocycles. The summed E-state index contributed by atoms with van der Waals surface area (Å²) >= 11 is 0.